The average molecular weight is 387 g/mol. The van der Waals surface area contributed by atoms with Crippen LogP contribution in [-0.4, -0.2) is 35.8 Å². The molecule has 1 aliphatic carbocycles. The molecule has 1 aliphatic heterocycles. The molecule has 0 aromatic carbocycles. The molecule has 2 aromatic heterocycles. The minimum atomic E-state index is -0.173. The summed E-state index contributed by atoms with van der Waals surface area (Å²) in [7, 11) is 0. The molecule has 2 aromatic rings. The van der Waals surface area contributed by atoms with Crippen LogP contribution < -0.4 is 5.32 Å². The Morgan fingerprint density at radius 3 is 2.70 bits per heavy atom. The number of aryl methyl sites for hydroxylation is 2. The van der Waals surface area contributed by atoms with Gasteiger partial charge in [-0.25, -0.2) is 0 Å². The maximum absolute atomic E-state index is 12.9. The molecule has 1 unspecified atom stereocenters. The SMILES string of the molecule is Cc1ccc(C(=O)NC2CCN(C(=O)c3cc4c(s3)CCC(C)C4)CC2)o1. The van der Waals surface area contributed by atoms with Gasteiger partial charge < -0.3 is 14.6 Å². The molecule has 1 fully saturated rings. The van der Waals surface area contributed by atoms with Crippen molar-refractivity contribution in [1.29, 1.82) is 0 Å². The van der Waals surface area contributed by atoms with Gasteiger partial charge in [0.1, 0.15) is 5.76 Å². The molecule has 144 valence electrons. The molecule has 27 heavy (non-hydrogen) atoms. The van der Waals surface area contributed by atoms with Crippen molar-refractivity contribution in [3.8, 4) is 0 Å². The Labute approximate surface area is 163 Å². The van der Waals surface area contributed by atoms with Crippen molar-refractivity contribution in [2.24, 2.45) is 5.92 Å². The standard InChI is InChI=1S/C21H26N2O3S/c1-13-3-6-18-15(11-13)12-19(27-18)21(25)23-9-7-16(8-10-23)22-20(24)17-5-4-14(2)26-17/h4-5,12-13,16H,3,6-11H2,1-2H3,(H,22,24). The number of nitrogens with zero attached hydrogens (tertiary/aromatic N) is 1. The molecule has 5 nitrogen and oxygen atoms in total. The number of nitrogens with one attached hydrogen (secondary N) is 1. The first-order valence-electron chi connectivity index (χ1n) is 9.77. The molecule has 3 heterocycles. The summed E-state index contributed by atoms with van der Waals surface area (Å²) in [5, 5.41) is 3.02. The zero-order valence-corrected chi connectivity index (χ0v) is 16.7. The van der Waals surface area contributed by atoms with Crippen molar-refractivity contribution in [3.05, 3.63) is 45.0 Å². The number of likely N-dealkylation sites (tertiary alicyclic amines) is 1. The molecule has 0 bridgehead atoms. The smallest absolute Gasteiger partial charge is 0.287 e. The van der Waals surface area contributed by atoms with E-state index in [1.54, 1.807) is 23.5 Å². The average Bonchev–Trinajstić information content (AvgIpc) is 3.27. The maximum Gasteiger partial charge on any atom is 0.287 e. The van der Waals surface area contributed by atoms with Crippen molar-refractivity contribution in [3.63, 3.8) is 0 Å². The minimum Gasteiger partial charge on any atom is -0.456 e. The molecule has 0 spiro atoms. The number of carbonyl (C=O) groups is 2. The van der Waals surface area contributed by atoms with Gasteiger partial charge in [-0.1, -0.05) is 6.92 Å². The normalized spacial score (nSPS) is 20.4. The lowest BCUT2D eigenvalue weighted by Gasteiger charge is -2.32. The summed E-state index contributed by atoms with van der Waals surface area (Å²) in [4.78, 5) is 29.3. The number of fused-ring (bicyclic) bond motifs is 1. The van der Waals surface area contributed by atoms with Crippen molar-refractivity contribution >= 4 is 23.2 Å². The van der Waals surface area contributed by atoms with Gasteiger partial charge in [0.25, 0.3) is 11.8 Å². The Bertz CT molecular complexity index is 845. The van der Waals surface area contributed by atoms with Crippen LogP contribution in [0.5, 0.6) is 0 Å². The zero-order chi connectivity index (χ0) is 19.0. The Morgan fingerprint density at radius 2 is 2.00 bits per heavy atom. The van der Waals surface area contributed by atoms with E-state index >= 15 is 0 Å². The molecule has 1 atom stereocenters. The lowest BCUT2D eigenvalue weighted by atomic mass is 9.90. The van der Waals surface area contributed by atoms with Gasteiger partial charge in [-0.05, 0) is 68.7 Å². The molecule has 1 N–H and O–H groups in total. The number of amides is 2. The number of rotatable bonds is 3. The van der Waals surface area contributed by atoms with E-state index in [9.17, 15) is 9.59 Å². The van der Waals surface area contributed by atoms with Crippen molar-refractivity contribution in [2.75, 3.05) is 13.1 Å². The number of furan rings is 1. The summed E-state index contributed by atoms with van der Waals surface area (Å²) in [6, 6.07) is 5.69. The Hall–Kier alpha value is -2.08. The first kappa shape index (κ1) is 18.3. The second-order valence-electron chi connectivity index (χ2n) is 7.86. The fourth-order valence-corrected chi connectivity index (χ4v) is 5.18. The van der Waals surface area contributed by atoms with E-state index < -0.39 is 0 Å². The van der Waals surface area contributed by atoms with Crippen molar-refractivity contribution < 1.29 is 14.0 Å². The summed E-state index contributed by atoms with van der Waals surface area (Å²) in [6.45, 7) is 5.47. The fraction of sp³-hybridized carbons (Fsp3) is 0.524. The van der Waals surface area contributed by atoms with Crippen LogP contribution in [0, 0.1) is 12.8 Å². The predicted molar refractivity (Wildman–Crippen MR) is 105 cm³/mol. The first-order chi connectivity index (χ1) is 13.0. The van der Waals surface area contributed by atoms with E-state index in [1.807, 2.05) is 11.8 Å². The van der Waals surface area contributed by atoms with Crippen LogP contribution in [0.3, 0.4) is 0 Å². The van der Waals surface area contributed by atoms with Gasteiger partial charge in [-0.15, -0.1) is 11.3 Å². The largest absolute Gasteiger partial charge is 0.456 e. The highest BCUT2D eigenvalue weighted by Gasteiger charge is 2.28. The number of carbonyl (C=O) groups excluding carboxylic acids is 2. The van der Waals surface area contributed by atoms with E-state index in [0.29, 0.717) is 24.8 Å². The van der Waals surface area contributed by atoms with E-state index in [2.05, 4.69) is 18.3 Å². The highest BCUT2D eigenvalue weighted by atomic mass is 32.1. The van der Waals surface area contributed by atoms with E-state index in [0.717, 1.165) is 36.3 Å². The molecular weight excluding hydrogens is 360 g/mol. The highest BCUT2D eigenvalue weighted by molar-refractivity contribution is 7.14. The molecule has 0 saturated carbocycles. The van der Waals surface area contributed by atoms with Gasteiger partial charge in [-0.3, -0.25) is 9.59 Å². The van der Waals surface area contributed by atoms with Gasteiger partial charge in [0.15, 0.2) is 5.76 Å². The second kappa shape index (κ2) is 7.50. The number of hydrogen-bond acceptors (Lipinski definition) is 4. The van der Waals surface area contributed by atoms with Crippen molar-refractivity contribution in [1.82, 2.24) is 10.2 Å². The molecule has 4 rings (SSSR count). The van der Waals surface area contributed by atoms with Crippen LogP contribution in [0.15, 0.2) is 22.6 Å². The molecule has 0 radical (unpaired) electrons. The summed E-state index contributed by atoms with van der Waals surface area (Å²) in [6.07, 6.45) is 4.98. The summed E-state index contributed by atoms with van der Waals surface area (Å²) < 4.78 is 5.38. The van der Waals surface area contributed by atoms with Crippen LogP contribution in [0.1, 0.15) is 62.6 Å². The third kappa shape index (κ3) is 3.95. The van der Waals surface area contributed by atoms with Gasteiger partial charge in [0, 0.05) is 24.0 Å². The third-order valence-electron chi connectivity index (χ3n) is 5.62. The van der Waals surface area contributed by atoms with Crippen molar-refractivity contribution in [2.45, 2.75) is 52.0 Å². The summed E-state index contributed by atoms with van der Waals surface area (Å²) >= 11 is 1.68. The monoisotopic (exact) mass is 386 g/mol. The maximum atomic E-state index is 12.9. The lowest BCUT2D eigenvalue weighted by molar-refractivity contribution is 0.0700. The van der Waals surface area contributed by atoms with Crippen LogP contribution >= 0.6 is 11.3 Å². The number of piperidine rings is 1. The van der Waals surface area contributed by atoms with Crippen LogP contribution in [-0.2, 0) is 12.8 Å². The van der Waals surface area contributed by atoms with Gasteiger partial charge >= 0.3 is 0 Å². The Morgan fingerprint density at radius 1 is 1.22 bits per heavy atom. The summed E-state index contributed by atoms with van der Waals surface area (Å²) in [5.41, 5.74) is 1.37. The topological polar surface area (TPSA) is 62.6 Å². The zero-order valence-electron chi connectivity index (χ0n) is 15.9. The van der Waals surface area contributed by atoms with E-state index in [4.69, 9.17) is 4.42 Å². The summed E-state index contributed by atoms with van der Waals surface area (Å²) in [5.74, 6) is 1.77. The fourth-order valence-electron chi connectivity index (χ4n) is 4.01. The predicted octanol–water partition coefficient (Wildman–Crippen LogP) is 3.81. The molecule has 2 aliphatic rings. The van der Waals surface area contributed by atoms with Crippen LogP contribution in [0.25, 0.3) is 0 Å². The van der Waals surface area contributed by atoms with Crippen LogP contribution in [0.2, 0.25) is 0 Å². The minimum absolute atomic E-state index is 0.0874. The van der Waals surface area contributed by atoms with E-state index in [1.165, 1.54) is 16.9 Å². The lowest BCUT2D eigenvalue weighted by Crippen LogP contribution is -2.46. The van der Waals surface area contributed by atoms with Gasteiger partial charge in [0.05, 0.1) is 4.88 Å². The second-order valence-corrected chi connectivity index (χ2v) is 8.99. The number of hydrogen-bond donors (Lipinski definition) is 1. The molecule has 1 saturated heterocycles. The Balaban J connectivity index is 1.32. The number of thiophene rings is 1. The van der Waals surface area contributed by atoms with Gasteiger partial charge in [-0.2, -0.15) is 0 Å². The Kier molecular flexibility index (Phi) is 5.08. The molecule has 6 heteroatoms. The van der Waals surface area contributed by atoms with Gasteiger partial charge in [0.2, 0.25) is 0 Å². The molecular formula is C21H26N2O3S. The molecule has 2 amide bonds. The van der Waals surface area contributed by atoms with E-state index in [-0.39, 0.29) is 17.9 Å². The third-order valence-corrected chi connectivity index (χ3v) is 6.85. The first-order valence-corrected chi connectivity index (χ1v) is 10.6. The van der Waals surface area contributed by atoms with Crippen LogP contribution in [0.4, 0.5) is 0 Å². The quantitative estimate of drug-likeness (QED) is 0.872. The highest BCUT2D eigenvalue weighted by Crippen LogP contribution is 2.33.